The maximum atomic E-state index is 9.75. The Morgan fingerprint density at radius 1 is 0.452 bits per heavy atom. The van der Waals surface area contributed by atoms with Crippen molar-refractivity contribution in [2.24, 2.45) is 0 Å². The first-order valence-corrected chi connectivity index (χ1v) is 20.7. The molecule has 292 valence electrons. The normalized spacial score (nSPS) is 13.0. The molecule has 2 N–H and O–H groups in total. The van der Waals surface area contributed by atoms with E-state index >= 15 is 0 Å². The number of hydrogen-bond acceptors (Lipinski definition) is 5. The van der Waals surface area contributed by atoms with Gasteiger partial charge in [-0.2, -0.15) is 0 Å². The standard InChI is InChI=1S/C57H38N4O/c58-55(40-18-6-2-7-19-40)53(56-46-25-11-10-22-43(46)35-48(59-56)37-16-4-1-5-17-37)39-32-30-38(31-33-39)49-36-50(61-57(60-49)41-20-8-3-9-21-41)44-24-14-23-42(34-44)45-27-15-29-52-54(45)47-26-12-13-28-51(47)62-52/h1-36,58-59H/b56-53-,58-55?. The van der Waals surface area contributed by atoms with Crippen LogP contribution >= 0.6 is 0 Å². The molecule has 1 aliphatic rings. The number of allylic oxidation sites excluding steroid dienone is 1. The van der Waals surface area contributed by atoms with Crippen LogP contribution in [0.5, 0.6) is 0 Å². The van der Waals surface area contributed by atoms with E-state index in [1.54, 1.807) is 0 Å². The molecule has 0 saturated carbocycles. The summed E-state index contributed by atoms with van der Waals surface area (Å²) in [7, 11) is 0. The van der Waals surface area contributed by atoms with Crippen molar-refractivity contribution in [2.45, 2.75) is 0 Å². The Balaban J connectivity index is 1.04. The van der Waals surface area contributed by atoms with Gasteiger partial charge in [0.1, 0.15) is 11.2 Å². The van der Waals surface area contributed by atoms with Crippen molar-refractivity contribution in [2.75, 3.05) is 0 Å². The number of nitrogens with zero attached hydrogens (tertiary/aromatic N) is 2. The predicted octanol–water partition coefficient (Wildman–Crippen LogP) is 14.1. The summed E-state index contributed by atoms with van der Waals surface area (Å²) in [6.07, 6.45) is 2.19. The van der Waals surface area contributed by atoms with Gasteiger partial charge >= 0.3 is 0 Å². The Bertz CT molecular complexity index is 3370. The molecule has 0 radical (unpaired) electrons. The molecule has 2 aromatic heterocycles. The van der Waals surface area contributed by atoms with E-state index in [2.05, 4.69) is 139 Å². The molecule has 0 unspecified atom stereocenters. The van der Waals surface area contributed by atoms with Crippen molar-refractivity contribution >= 4 is 50.7 Å². The number of fused-ring (bicyclic) bond motifs is 4. The number of nitrogens with one attached hydrogen (secondary N) is 2. The van der Waals surface area contributed by atoms with Crippen LogP contribution in [0.25, 0.3) is 90.0 Å². The molecule has 62 heavy (non-hydrogen) atoms. The number of aromatic nitrogens is 2. The van der Waals surface area contributed by atoms with Gasteiger partial charge in [-0.1, -0.05) is 188 Å². The molecule has 11 rings (SSSR count). The van der Waals surface area contributed by atoms with E-state index in [1.165, 1.54) is 0 Å². The van der Waals surface area contributed by atoms with Crippen molar-refractivity contribution in [3.05, 3.63) is 240 Å². The number of rotatable bonds is 8. The molecular weight excluding hydrogens is 757 g/mol. The Hall–Kier alpha value is -8.41. The summed E-state index contributed by atoms with van der Waals surface area (Å²) in [6.45, 7) is 0. The molecule has 0 fully saturated rings. The van der Waals surface area contributed by atoms with Gasteiger partial charge in [0.2, 0.25) is 0 Å². The van der Waals surface area contributed by atoms with Crippen LogP contribution in [0, 0.1) is 5.41 Å². The first kappa shape index (κ1) is 36.7. The van der Waals surface area contributed by atoms with Crippen LogP contribution < -0.4 is 5.32 Å². The Kier molecular flexibility index (Phi) is 9.25. The topological polar surface area (TPSA) is 74.8 Å². The first-order valence-electron chi connectivity index (χ1n) is 20.7. The highest BCUT2D eigenvalue weighted by molar-refractivity contribution is 6.36. The Morgan fingerprint density at radius 3 is 1.84 bits per heavy atom. The van der Waals surface area contributed by atoms with Crippen LogP contribution in [0.4, 0.5) is 0 Å². The molecule has 5 nitrogen and oxygen atoms in total. The minimum Gasteiger partial charge on any atom is -0.456 e. The molecule has 10 aromatic rings. The fourth-order valence-electron chi connectivity index (χ4n) is 8.51. The van der Waals surface area contributed by atoms with Crippen molar-refractivity contribution < 1.29 is 4.42 Å². The van der Waals surface area contributed by atoms with Crippen molar-refractivity contribution in [1.82, 2.24) is 15.3 Å². The number of para-hydroxylation sites is 1. The highest BCUT2D eigenvalue weighted by Crippen LogP contribution is 2.40. The zero-order valence-corrected chi connectivity index (χ0v) is 33.6. The fraction of sp³-hybridized carbons (Fsp3) is 0. The third kappa shape index (κ3) is 6.78. The minimum absolute atomic E-state index is 0.430. The predicted molar refractivity (Wildman–Crippen MR) is 255 cm³/mol. The van der Waals surface area contributed by atoms with Crippen LogP contribution in [-0.2, 0) is 0 Å². The summed E-state index contributed by atoms with van der Waals surface area (Å²) < 4.78 is 6.25. The van der Waals surface area contributed by atoms with Crippen LogP contribution in [0.15, 0.2) is 217 Å². The lowest BCUT2D eigenvalue weighted by atomic mass is 9.87. The summed E-state index contributed by atoms with van der Waals surface area (Å²) in [5, 5.41) is 15.7. The zero-order valence-electron chi connectivity index (χ0n) is 33.6. The van der Waals surface area contributed by atoms with Gasteiger partial charge in [-0.15, -0.1) is 0 Å². The largest absolute Gasteiger partial charge is 0.456 e. The highest BCUT2D eigenvalue weighted by atomic mass is 16.3. The SMILES string of the molecule is N=C(/C(=C1\NC(c2ccccc2)=Cc2ccccc21)c1ccc(-c2cc(-c3cccc(-c4cccc5oc6ccccc6c45)c3)nc(-c3ccccc3)n2)cc1)c1ccccc1. The van der Waals surface area contributed by atoms with Crippen LogP contribution in [0.3, 0.4) is 0 Å². The van der Waals surface area contributed by atoms with Gasteiger partial charge in [-0.25, -0.2) is 9.97 Å². The maximum Gasteiger partial charge on any atom is 0.160 e. The molecule has 0 amide bonds. The number of hydrogen-bond donors (Lipinski definition) is 2. The van der Waals surface area contributed by atoms with Gasteiger partial charge in [-0.3, -0.25) is 5.41 Å². The van der Waals surface area contributed by atoms with Crippen LogP contribution in [-0.4, -0.2) is 15.7 Å². The number of benzene rings is 8. The smallest absolute Gasteiger partial charge is 0.160 e. The van der Waals surface area contributed by atoms with Crippen molar-refractivity contribution in [3.8, 4) is 45.0 Å². The summed E-state index contributed by atoms with van der Waals surface area (Å²) in [5.74, 6) is 0.646. The van der Waals surface area contributed by atoms with E-state index in [4.69, 9.17) is 14.4 Å². The quantitative estimate of drug-likeness (QED) is 0.150. The van der Waals surface area contributed by atoms with Gasteiger partial charge in [0, 0.05) is 49.9 Å². The fourth-order valence-corrected chi connectivity index (χ4v) is 8.51. The zero-order chi connectivity index (χ0) is 41.4. The van der Waals surface area contributed by atoms with Crippen LogP contribution in [0.2, 0.25) is 0 Å². The van der Waals surface area contributed by atoms with Gasteiger partial charge in [0.15, 0.2) is 5.82 Å². The molecule has 0 atom stereocenters. The van der Waals surface area contributed by atoms with E-state index in [9.17, 15) is 5.41 Å². The summed E-state index contributed by atoms with van der Waals surface area (Å²) >= 11 is 0. The average Bonchev–Trinajstić information content (AvgIpc) is 3.74. The second-order valence-electron chi connectivity index (χ2n) is 15.4. The van der Waals surface area contributed by atoms with E-state index in [1.807, 2.05) is 84.9 Å². The second kappa shape index (κ2) is 15.6. The molecule has 1 aliphatic heterocycles. The Labute approximate surface area is 359 Å². The molecule has 0 aliphatic carbocycles. The van der Waals surface area contributed by atoms with E-state index in [0.717, 1.165) is 106 Å². The molecule has 8 aromatic carbocycles. The lowest BCUT2D eigenvalue weighted by Crippen LogP contribution is -2.20. The summed E-state index contributed by atoms with van der Waals surface area (Å²) in [6, 6.07) is 72.4. The second-order valence-corrected chi connectivity index (χ2v) is 15.4. The lowest BCUT2D eigenvalue weighted by Gasteiger charge is -2.26. The molecule has 3 heterocycles. The van der Waals surface area contributed by atoms with Crippen molar-refractivity contribution in [1.29, 1.82) is 5.41 Å². The molecule has 5 heteroatoms. The van der Waals surface area contributed by atoms with Crippen molar-refractivity contribution in [3.63, 3.8) is 0 Å². The minimum atomic E-state index is 0.430. The lowest BCUT2D eigenvalue weighted by molar-refractivity contribution is 0.669. The van der Waals surface area contributed by atoms with Gasteiger partial charge in [0.05, 0.1) is 22.8 Å². The molecular formula is C57H38N4O. The van der Waals surface area contributed by atoms with Crippen LogP contribution in [0.1, 0.15) is 27.8 Å². The molecule has 0 bridgehead atoms. The van der Waals surface area contributed by atoms with E-state index in [0.29, 0.717) is 11.5 Å². The molecule has 0 spiro atoms. The maximum absolute atomic E-state index is 9.75. The van der Waals surface area contributed by atoms with Gasteiger partial charge in [0.25, 0.3) is 0 Å². The van der Waals surface area contributed by atoms with Gasteiger partial charge < -0.3 is 9.73 Å². The number of furan rings is 1. The summed E-state index contributed by atoms with van der Waals surface area (Å²) in [4.78, 5) is 10.3. The first-order chi connectivity index (χ1) is 30.6. The van der Waals surface area contributed by atoms with Gasteiger partial charge in [-0.05, 0) is 58.2 Å². The third-order valence-electron chi connectivity index (χ3n) is 11.5. The molecule has 0 saturated heterocycles. The average molecular weight is 795 g/mol. The van der Waals surface area contributed by atoms with E-state index in [-0.39, 0.29) is 0 Å². The Morgan fingerprint density at radius 2 is 1.05 bits per heavy atom. The third-order valence-corrected chi connectivity index (χ3v) is 11.5. The highest BCUT2D eigenvalue weighted by Gasteiger charge is 2.24. The monoisotopic (exact) mass is 794 g/mol. The van der Waals surface area contributed by atoms with E-state index < -0.39 is 0 Å². The summed E-state index contributed by atoms with van der Waals surface area (Å²) in [5.41, 5.74) is 16.5.